The molecule has 1 saturated carbocycles. The minimum absolute atomic E-state index is 0. The number of nitrogens with one attached hydrogen (secondary N) is 2. The Hall–Kier alpha value is -1.24. The Labute approximate surface area is 153 Å². The van der Waals surface area contributed by atoms with E-state index < -0.39 is 0 Å². The molecule has 5 nitrogen and oxygen atoms in total. The summed E-state index contributed by atoms with van der Waals surface area (Å²) in [5.74, 6) is -0.0215. The SMILES string of the molecule is CC(=O)Nc1ccc(SC(C)C(=O)NC2CCC(N)CC2)cc1.Cl. The summed E-state index contributed by atoms with van der Waals surface area (Å²) in [6.07, 6.45) is 3.90. The highest BCUT2D eigenvalue weighted by Gasteiger charge is 2.22. The van der Waals surface area contributed by atoms with Gasteiger partial charge in [-0.2, -0.15) is 0 Å². The van der Waals surface area contributed by atoms with Crippen LogP contribution in [0, 0.1) is 0 Å². The largest absolute Gasteiger partial charge is 0.352 e. The topological polar surface area (TPSA) is 84.2 Å². The number of carbonyl (C=O) groups is 2. The van der Waals surface area contributed by atoms with Gasteiger partial charge in [0.1, 0.15) is 0 Å². The molecule has 0 saturated heterocycles. The lowest BCUT2D eigenvalue weighted by molar-refractivity contribution is -0.121. The van der Waals surface area contributed by atoms with Crippen molar-refractivity contribution in [2.45, 2.75) is 61.8 Å². The molecular formula is C17H26ClN3O2S. The van der Waals surface area contributed by atoms with Crippen molar-refractivity contribution in [1.29, 1.82) is 0 Å². The minimum Gasteiger partial charge on any atom is -0.352 e. The molecule has 1 aliphatic rings. The summed E-state index contributed by atoms with van der Waals surface area (Å²) in [7, 11) is 0. The number of halogens is 1. The predicted molar refractivity (Wildman–Crippen MR) is 102 cm³/mol. The molecule has 0 radical (unpaired) electrons. The summed E-state index contributed by atoms with van der Waals surface area (Å²) < 4.78 is 0. The summed E-state index contributed by atoms with van der Waals surface area (Å²) in [5.41, 5.74) is 6.65. The molecule has 0 aliphatic heterocycles. The van der Waals surface area contributed by atoms with Gasteiger partial charge in [0, 0.05) is 29.6 Å². The van der Waals surface area contributed by atoms with Crippen LogP contribution in [-0.2, 0) is 9.59 Å². The smallest absolute Gasteiger partial charge is 0.233 e. The molecule has 7 heteroatoms. The third kappa shape index (κ3) is 6.71. The minimum atomic E-state index is -0.155. The summed E-state index contributed by atoms with van der Waals surface area (Å²) in [5, 5.41) is 5.70. The lowest BCUT2D eigenvalue weighted by atomic mass is 9.92. The van der Waals surface area contributed by atoms with Gasteiger partial charge in [0.25, 0.3) is 0 Å². The van der Waals surface area contributed by atoms with Crippen LogP contribution in [-0.4, -0.2) is 29.1 Å². The quantitative estimate of drug-likeness (QED) is 0.695. The van der Waals surface area contributed by atoms with E-state index >= 15 is 0 Å². The molecule has 1 aliphatic carbocycles. The standard InChI is InChI=1S/C17H25N3O2S.ClH/c1-11(17(22)20-15-5-3-13(18)4-6-15)23-16-9-7-14(8-10-16)19-12(2)21;/h7-11,13,15H,3-6,18H2,1-2H3,(H,19,21)(H,20,22);1H. The molecule has 2 amide bonds. The van der Waals surface area contributed by atoms with E-state index in [4.69, 9.17) is 5.73 Å². The molecule has 1 aromatic carbocycles. The number of amides is 2. The van der Waals surface area contributed by atoms with Gasteiger partial charge < -0.3 is 16.4 Å². The van der Waals surface area contributed by atoms with Crippen molar-refractivity contribution in [2.24, 2.45) is 5.73 Å². The highest BCUT2D eigenvalue weighted by molar-refractivity contribution is 8.00. The second kappa shape index (κ2) is 9.91. The molecule has 0 heterocycles. The third-order valence-electron chi connectivity index (χ3n) is 3.97. The lowest BCUT2D eigenvalue weighted by Crippen LogP contribution is -2.43. The van der Waals surface area contributed by atoms with Crippen LogP contribution in [0.3, 0.4) is 0 Å². The van der Waals surface area contributed by atoms with Crippen LogP contribution in [0.1, 0.15) is 39.5 Å². The van der Waals surface area contributed by atoms with Crippen LogP contribution in [0.25, 0.3) is 0 Å². The van der Waals surface area contributed by atoms with Crippen LogP contribution in [0.5, 0.6) is 0 Å². The second-order valence-electron chi connectivity index (χ2n) is 6.09. The van der Waals surface area contributed by atoms with E-state index in [1.54, 1.807) is 0 Å². The average Bonchev–Trinajstić information content (AvgIpc) is 2.51. The van der Waals surface area contributed by atoms with Crippen molar-refractivity contribution in [3.63, 3.8) is 0 Å². The third-order valence-corrected chi connectivity index (χ3v) is 5.09. The molecule has 4 N–H and O–H groups in total. The van der Waals surface area contributed by atoms with Crippen molar-refractivity contribution in [2.75, 3.05) is 5.32 Å². The van der Waals surface area contributed by atoms with E-state index in [9.17, 15) is 9.59 Å². The Morgan fingerprint density at radius 1 is 1.17 bits per heavy atom. The zero-order valence-corrected chi connectivity index (χ0v) is 15.7. The monoisotopic (exact) mass is 371 g/mol. The van der Waals surface area contributed by atoms with Crippen LogP contribution in [0.15, 0.2) is 29.2 Å². The molecule has 1 unspecified atom stereocenters. The normalized spacial score (nSPS) is 21.3. The number of benzene rings is 1. The van der Waals surface area contributed by atoms with E-state index in [2.05, 4.69) is 10.6 Å². The van der Waals surface area contributed by atoms with Gasteiger partial charge in [-0.25, -0.2) is 0 Å². The van der Waals surface area contributed by atoms with Gasteiger partial charge in [-0.05, 0) is 56.9 Å². The number of rotatable bonds is 5. The van der Waals surface area contributed by atoms with E-state index in [0.29, 0.717) is 0 Å². The Kier molecular flexibility index (Phi) is 8.59. The molecular weight excluding hydrogens is 346 g/mol. The van der Waals surface area contributed by atoms with E-state index in [1.807, 2.05) is 31.2 Å². The summed E-state index contributed by atoms with van der Waals surface area (Å²) >= 11 is 1.52. The van der Waals surface area contributed by atoms with E-state index in [0.717, 1.165) is 36.3 Å². The van der Waals surface area contributed by atoms with Gasteiger partial charge in [0.2, 0.25) is 11.8 Å². The fourth-order valence-electron chi connectivity index (χ4n) is 2.66. The van der Waals surface area contributed by atoms with Gasteiger partial charge >= 0.3 is 0 Å². The maximum Gasteiger partial charge on any atom is 0.233 e. The number of carbonyl (C=O) groups excluding carboxylic acids is 2. The second-order valence-corrected chi connectivity index (χ2v) is 7.50. The molecule has 134 valence electrons. The van der Waals surface area contributed by atoms with E-state index in [-0.39, 0.29) is 41.6 Å². The predicted octanol–water partition coefficient (Wildman–Crippen LogP) is 2.93. The number of hydrogen-bond acceptors (Lipinski definition) is 4. The highest BCUT2D eigenvalue weighted by Crippen LogP contribution is 2.25. The Morgan fingerprint density at radius 3 is 2.29 bits per heavy atom. The molecule has 0 spiro atoms. The maximum absolute atomic E-state index is 12.3. The summed E-state index contributed by atoms with van der Waals surface area (Å²) in [6.45, 7) is 3.39. The summed E-state index contributed by atoms with van der Waals surface area (Å²) in [6, 6.07) is 8.07. The Morgan fingerprint density at radius 2 is 1.75 bits per heavy atom. The van der Waals surface area contributed by atoms with Gasteiger partial charge in [0.05, 0.1) is 5.25 Å². The van der Waals surface area contributed by atoms with Crippen molar-refractivity contribution in [3.8, 4) is 0 Å². The molecule has 1 aromatic rings. The van der Waals surface area contributed by atoms with Gasteiger partial charge in [-0.1, -0.05) is 0 Å². The first kappa shape index (κ1) is 20.8. The van der Waals surface area contributed by atoms with Crippen molar-refractivity contribution in [3.05, 3.63) is 24.3 Å². The van der Waals surface area contributed by atoms with Crippen molar-refractivity contribution >= 4 is 41.7 Å². The molecule has 24 heavy (non-hydrogen) atoms. The molecule has 2 rings (SSSR count). The van der Waals surface area contributed by atoms with Gasteiger partial charge in [0.15, 0.2) is 0 Å². The fourth-order valence-corrected chi connectivity index (χ4v) is 3.54. The van der Waals surface area contributed by atoms with Crippen molar-refractivity contribution in [1.82, 2.24) is 5.32 Å². The highest BCUT2D eigenvalue weighted by atomic mass is 35.5. The zero-order chi connectivity index (χ0) is 16.8. The van der Waals surface area contributed by atoms with Crippen LogP contribution in [0.2, 0.25) is 0 Å². The first-order valence-corrected chi connectivity index (χ1v) is 8.92. The number of anilines is 1. The molecule has 0 bridgehead atoms. The fraction of sp³-hybridized carbons (Fsp3) is 0.529. The number of nitrogens with two attached hydrogens (primary N) is 1. The molecule has 1 atom stereocenters. The Bertz CT molecular complexity index is 545. The Balaban J connectivity index is 0.00000288. The lowest BCUT2D eigenvalue weighted by Gasteiger charge is -2.27. The summed E-state index contributed by atoms with van der Waals surface area (Å²) in [4.78, 5) is 24.3. The van der Waals surface area contributed by atoms with E-state index in [1.165, 1.54) is 18.7 Å². The van der Waals surface area contributed by atoms with Gasteiger partial charge in [-0.3, -0.25) is 9.59 Å². The first-order valence-electron chi connectivity index (χ1n) is 8.04. The van der Waals surface area contributed by atoms with Crippen LogP contribution < -0.4 is 16.4 Å². The van der Waals surface area contributed by atoms with Crippen molar-refractivity contribution < 1.29 is 9.59 Å². The van der Waals surface area contributed by atoms with Crippen LogP contribution >= 0.6 is 24.2 Å². The van der Waals surface area contributed by atoms with Gasteiger partial charge in [-0.15, -0.1) is 24.2 Å². The number of hydrogen-bond donors (Lipinski definition) is 3. The maximum atomic E-state index is 12.3. The number of thioether (sulfide) groups is 1. The average molecular weight is 372 g/mol. The first-order chi connectivity index (χ1) is 10.9. The molecule has 0 aromatic heterocycles. The van der Waals surface area contributed by atoms with Crippen LogP contribution in [0.4, 0.5) is 5.69 Å². The zero-order valence-electron chi connectivity index (χ0n) is 14.1. The molecule has 1 fully saturated rings.